The van der Waals surface area contributed by atoms with Gasteiger partial charge in [0.25, 0.3) is 0 Å². The van der Waals surface area contributed by atoms with E-state index in [0.717, 1.165) is 36.1 Å². The second-order valence-corrected chi connectivity index (χ2v) is 8.53. The van der Waals surface area contributed by atoms with E-state index in [0.29, 0.717) is 24.1 Å². The number of benzene rings is 2. The van der Waals surface area contributed by atoms with Gasteiger partial charge in [-0.05, 0) is 61.1 Å². The minimum atomic E-state index is -4.36. The number of rotatable bonds is 6. The Labute approximate surface area is 184 Å². The van der Waals surface area contributed by atoms with E-state index in [9.17, 15) is 22.8 Å². The van der Waals surface area contributed by atoms with E-state index in [1.165, 1.54) is 19.2 Å². The molecule has 2 aromatic rings. The van der Waals surface area contributed by atoms with Crippen molar-refractivity contribution in [2.24, 2.45) is 5.92 Å². The SMILES string of the molecule is COC(=O)c1ccc(C(C)NC(=O)C2CC3CC3N2Cc2ccc(C(F)(F)F)cc2)cc1. The van der Waals surface area contributed by atoms with Gasteiger partial charge in [0.15, 0.2) is 0 Å². The van der Waals surface area contributed by atoms with Crippen molar-refractivity contribution in [3.05, 3.63) is 70.8 Å². The number of likely N-dealkylation sites (tertiary alicyclic amines) is 1. The molecule has 1 aliphatic carbocycles. The lowest BCUT2D eigenvalue weighted by Gasteiger charge is -2.28. The molecule has 4 atom stereocenters. The van der Waals surface area contributed by atoms with Gasteiger partial charge in [-0.1, -0.05) is 24.3 Å². The van der Waals surface area contributed by atoms with Crippen LogP contribution in [0.1, 0.15) is 52.9 Å². The van der Waals surface area contributed by atoms with Crippen molar-refractivity contribution in [3.8, 4) is 0 Å². The number of amides is 1. The first kappa shape index (κ1) is 22.3. The van der Waals surface area contributed by atoms with E-state index in [1.807, 2.05) is 6.92 Å². The summed E-state index contributed by atoms with van der Waals surface area (Å²) in [4.78, 5) is 26.7. The third kappa shape index (κ3) is 4.65. The van der Waals surface area contributed by atoms with Gasteiger partial charge >= 0.3 is 12.1 Å². The molecule has 0 bridgehead atoms. The predicted molar refractivity (Wildman–Crippen MR) is 112 cm³/mol. The highest BCUT2D eigenvalue weighted by atomic mass is 19.4. The Morgan fingerprint density at radius 3 is 2.34 bits per heavy atom. The first-order valence-electron chi connectivity index (χ1n) is 10.6. The van der Waals surface area contributed by atoms with Crippen LogP contribution in [0.15, 0.2) is 48.5 Å². The highest BCUT2D eigenvalue weighted by Crippen LogP contribution is 2.48. The molecule has 2 aliphatic rings. The highest BCUT2D eigenvalue weighted by Gasteiger charge is 2.53. The molecular formula is C24H25F3N2O3. The summed E-state index contributed by atoms with van der Waals surface area (Å²) in [5, 5.41) is 3.04. The quantitative estimate of drug-likeness (QED) is 0.671. The van der Waals surface area contributed by atoms with E-state index in [-0.39, 0.29) is 18.0 Å². The molecule has 2 fully saturated rings. The van der Waals surface area contributed by atoms with Crippen LogP contribution in [0.2, 0.25) is 0 Å². The average Bonchev–Trinajstić information content (AvgIpc) is 3.46. The second-order valence-electron chi connectivity index (χ2n) is 8.53. The van der Waals surface area contributed by atoms with Crippen LogP contribution < -0.4 is 5.32 Å². The summed E-state index contributed by atoms with van der Waals surface area (Å²) >= 11 is 0. The van der Waals surface area contributed by atoms with Crippen LogP contribution in [-0.2, 0) is 22.3 Å². The number of nitrogens with one attached hydrogen (secondary N) is 1. The number of halogens is 3. The molecule has 1 amide bonds. The minimum absolute atomic E-state index is 0.0892. The van der Waals surface area contributed by atoms with Gasteiger partial charge in [0.05, 0.1) is 30.3 Å². The Kier molecular flexibility index (Phi) is 5.99. The van der Waals surface area contributed by atoms with Crippen molar-refractivity contribution in [1.82, 2.24) is 10.2 Å². The topological polar surface area (TPSA) is 58.6 Å². The number of nitrogens with zero attached hydrogens (tertiary/aromatic N) is 1. The molecule has 5 nitrogen and oxygen atoms in total. The molecule has 1 saturated carbocycles. The molecule has 4 unspecified atom stereocenters. The van der Waals surface area contributed by atoms with Crippen LogP contribution in [-0.4, -0.2) is 36.0 Å². The molecule has 0 spiro atoms. The maximum Gasteiger partial charge on any atom is 0.416 e. The lowest BCUT2D eigenvalue weighted by Crippen LogP contribution is -2.45. The van der Waals surface area contributed by atoms with Crippen molar-refractivity contribution in [2.45, 2.75) is 50.6 Å². The van der Waals surface area contributed by atoms with E-state index in [2.05, 4.69) is 10.2 Å². The zero-order chi connectivity index (χ0) is 23.0. The fraction of sp³-hybridized carbons (Fsp3) is 0.417. The minimum Gasteiger partial charge on any atom is -0.465 e. The number of carbonyl (C=O) groups excluding carboxylic acids is 2. The zero-order valence-corrected chi connectivity index (χ0v) is 17.9. The second kappa shape index (κ2) is 8.58. The lowest BCUT2D eigenvalue weighted by atomic mass is 10.0. The third-order valence-electron chi connectivity index (χ3n) is 6.38. The average molecular weight is 446 g/mol. The van der Waals surface area contributed by atoms with Crippen LogP contribution in [0.25, 0.3) is 0 Å². The number of fused-ring (bicyclic) bond motifs is 1. The first-order chi connectivity index (χ1) is 15.2. The summed E-state index contributed by atoms with van der Waals surface area (Å²) in [6, 6.07) is 11.8. The van der Waals surface area contributed by atoms with E-state index < -0.39 is 17.7 Å². The number of hydrogen-bond donors (Lipinski definition) is 1. The standard InChI is InChI=1S/C24H25F3N2O3/c1-14(16-5-7-17(8-6-16)23(31)32-2)28-22(30)21-12-18-11-20(18)29(21)13-15-3-9-19(10-4-15)24(25,26)27/h3-10,14,18,20-21H,11-13H2,1-2H3,(H,28,30). The molecule has 32 heavy (non-hydrogen) atoms. The van der Waals surface area contributed by atoms with Crippen LogP contribution in [0, 0.1) is 5.92 Å². The largest absolute Gasteiger partial charge is 0.465 e. The number of methoxy groups -OCH3 is 1. The fourth-order valence-corrected chi connectivity index (χ4v) is 4.46. The Morgan fingerprint density at radius 2 is 1.75 bits per heavy atom. The molecular weight excluding hydrogens is 421 g/mol. The Morgan fingerprint density at radius 1 is 1.09 bits per heavy atom. The number of carbonyl (C=O) groups is 2. The van der Waals surface area contributed by atoms with Crippen LogP contribution in [0.5, 0.6) is 0 Å². The molecule has 2 aromatic carbocycles. The summed E-state index contributed by atoms with van der Waals surface area (Å²) in [5.41, 5.74) is 1.39. The highest BCUT2D eigenvalue weighted by molar-refractivity contribution is 5.89. The van der Waals surface area contributed by atoms with Crippen LogP contribution in [0.4, 0.5) is 13.2 Å². The molecule has 1 aliphatic heterocycles. The van der Waals surface area contributed by atoms with Crippen LogP contribution >= 0.6 is 0 Å². The number of piperidine rings is 1. The van der Waals surface area contributed by atoms with Gasteiger partial charge in [-0.15, -0.1) is 0 Å². The number of ether oxygens (including phenoxy) is 1. The van der Waals surface area contributed by atoms with Crippen molar-refractivity contribution < 1.29 is 27.5 Å². The van der Waals surface area contributed by atoms with Gasteiger partial charge in [0.1, 0.15) is 0 Å². The molecule has 170 valence electrons. The summed E-state index contributed by atoms with van der Waals surface area (Å²) in [6.45, 7) is 2.32. The van der Waals surface area contributed by atoms with Crippen molar-refractivity contribution in [3.63, 3.8) is 0 Å². The summed E-state index contributed by atoms with van der Waals surface area (Å²) < 4.78 is 43.1. The molecule has 0 radical (unpaired) electrons. The summed E-state index contributed by atoms with van der Waals surface area (Å²) in [6.07, 6.45) is -2.58. The van der Waals surface area contributed by atoms with E-state index in [1.54, 1.807) is 24.3 Å². The Balaban J connectivity index is 1.40. The van der Waals surface area contributed by atoms with Gasteiger partial charge in [-0.2, -0.15) is 13.2 Å². The molecule has 8 heteroatoms. The molecule has 1 N–H and O–H groups in total. The van der Waals surface area contributed by atoms with Gasteiger partial charge < -0.3 is 10.1 Å². The van der Waals surface area contributed by atoms with Crippen molar-refractivity contribution >= 4 is 11.9 Å². The number of esters is 1. The smallest absolute Gasteiger partial charge is 0.416 e. The molecule has 4 rings (SSSR count). The maximum atomic E-state index is 13.0. The Bertz CT molecular complexity index is 989. The summed E-state index contributed by atoms with van der Waals surface area (Å²) in [7, 11) is 1.32. The Hall–Kier alpha value is -2.87. The van der Waals surface area contributed by atoms with Gasteiger partial charge in [0, 0.05) is 12.6 Å². The summed E-state index contributed by atoms with van der Waals surface area (Å²) in [5.74, 6) is -0.0409. The van der Waals surface area contributed by atoms with E-state index >= 15 is 0 Å². The molecule has 1 heterocycles. The van der Waals surface area contributed by atoms with Crippen LogP contribution in [0.3, 0.4) is 0 Å². The van der Waals surface area contributed by atoms with Gasteiger partial charge in [0.2, 0.25) is 5.91 Å². The monoisotopic (exact) mass is 446 g/mol. The first-order valence-corrected chi connectivity index (χ1v) is 10.6. The zero-order valence-electron chi connectivity index (χ0n) is 17.9. The van der Waals surface area contributed by atoms with Gasteiger partial charge in [-0.3, -0.25) is 9.69 Å². The third-order valence-corrected chi connectivity index (χ3v) is 6.38. The predicted octanol–water partition coefficient (Wildman–Crippen LogP) is 4.33. The normalized spacial score (nSPS) is 23.3. The lowest BCUT2D eigenvalue weighted by molar-refractivity contribution is -0.137. The maximum absolute atomic E-state index is 13.0. The molecule has 0 aromatic heterocycles. The molecule has 1 saturated heterocycles. The van der Waals surface area contributed by atoms with Gasteiger partial charge in [-0.25, -0.2) is 4.79 Å². The number of hydrogen-bond acceptors (Lipinski definition) is 4. The van der Waals surface area contributed by atoms with Crippen molar-refractivity contribution in [1.29, 1.82) is 0 Å². The van der Waals surface area contributed by atoms with Crippen molar-refractivity contribution in [2.75, 3.05) is 7.11 Å². The van der Waals surface area contributed by atoms with E-state index in [4.69, 9.17) is 4.74 Å². The fourth-order valence-electron chi connectivity index (χ4n) is 4.46. The number of alkyl halides is 3.